The summed E-state index contributed by atoms with van der Waals surface area (Å²) in [5.74, 6) is 0. The summed E-state index contributed by atoms with van der Waals surface area (Å²) in [5.41, 5.74) is 0. The molecular weight excluding hydrogens is 294 g/mol. The average molecular weight is 312 g/mol. The van der Waals surface area contributed by atoms with Gasteiger partial charge in [0.2, 0.25) is 10.0 Å². The van der Waals surface area contributed by atoms with E-state index in [1.807, 2.05) is 18.6 Å². The molecule has 0 fully saturated rings. The van der Waals surface area contributed by atoms with Crippen molar-refractivity contribution in [2.24, 2.45) is 0 Å². The van der Waals surface area contributed by atoms with Crippen LogP contribution < -0.4 is 10.0 Å². The minimum absolute atomic E-state index is 0.0821. The summed E-state index contributed by atoms with van der Waals surface area (Å²) in [6.07, 6.45) is -2.70. The third kappa shape index (κ3) is 5.13. The van der Waals surface area contributed by atoms with E-state index in [1.54, 1.807) is 6.92 Å². The molecular formula is C11H18F2N2O2S2. The number of aryl methyl sites for hydroxylation is 1. The lowest BCUT2D eigenvalue weighted by molar-refractivity contribution is 0.153. The van der Waals surface area contributed by atoms with E-state index in [0.29, 0.717) is 17.5 Å². The first-order chi connectivity index (χ1) is 8.72. The molecule has 0 radical (unpaired) electrons. The van der Waals surface area contributed by atoms with Crippen molar-refractivity contribution in [1.82, 2.24) is 10.0 Å². The summed E-state index contributed by atoms with van der Waals surface area (Å²) in [6, 6.07) is 1.82. The average Bonchev–Trinajstić information content (AvgIpc) is 2.66. The number of nitrogens with one attached hydrogen (secondary N) is 2. The Morgan fingerprint density at radius 1 is 1.37 bits per heavy atom. The normalized spacial score (nSPS) is 12.6. The first-order valence-electron chi connectivity index (χ1n) is 5.83. The molecule has 0 amide bonds. The van der Waals surface area contributed by atoms with Gasteiger partial charge in [0.1, 0.15) is 0 Å². The fourth-order valence-corrected chi connectivity index (χ4v) is 4.02. The molecule has 0 spiro atoms. The van der Waals surface area contributed by atoms with E-state index in [9.17, 15) is 17.2 Å². The van der Waals surface area contributed by atoms with Crippen molar-refractivity contribution >= 4 is 21.4 Å². The molecule has 1 rings (SSSR count). The molecule has 0 unspecified atom stereocenters. The lowest BCUT2D eigenvalue weighted by Crippen LogP contribution is -2.28. The number of sulfonamides is 1. The minimum Gasteiger partial charge on any atom is -0.310 e. The maximum absolute atomic E-state index is 12.1. The molecule has 4 nitrogen and oxygen atoms in total. The van der Waals surface area contributed by atoms with Gasteiger partial charge in [0.15, 0.2) is 0 Å². The van der Waals surface area contributed by atoms with Crippen molar-refractivity contribution in [3.8, 4) is 0 Å². The van der Waals surface area contributed by atoms with Gasteiger partial charge in [-0.05, 0) is 13.0 Å². The molecule has 1 heterocycles. The molecule has 0 aliphatic carbocycles. The second kappa shape index (κ2) is 6.74. The van der Waals surface area contributed by atoms with E-state index in [2.05, 4.69) is 5.32 Å². The Balaban J connectivity index is 2.83. The van der Waals surface area contributed by atoms with E-state index < -0.39 is 23.0 Å². The SMILES string of the molecule is Cc1sc(CNC(C)C)cc1S(=O)(=O)NCC(F)F. The highest BCUT2D eigenvalue weighted by Gasteiger charge is 2.21. The van der Waals surface area contributed by atoms with Gasteiger partial charge in [-0.3, -0.25) is 0 Å². The molecule has 0 aromatic carbocycles. The number of thiophene rings is 1. The summed E-state index contributed by atoms with van der Waals surface area (Å²) in [6.45, 7) is 5.34. The molecule has 19 heavy (non-hydrogen) atoms. The van der Waals surface area contributed by atoms with Gasteiger partial charge in [0.05, 0.1) is 11.4 Å². The molecule has 0 saturated heterocycles. The topological polar surface area (TPSA) is 58.2 Å². The van der Waals surface area contributed by atoms with Gasteiger partial charge in [0, 0.05) is 22.3 Å². The van der Waals surface area contributed by atoms with Crippen LogP contribution in [0, 0.1) is 6.92 Å². The number of halogens is 2. The molecule has 0 aliphatic rings. The fraction of sp³-hybridized carbons (Fsp3) is 0.636. The van der Waals surface area contributed by atoms with Gasteiger partial charge in [-0.25, -0.2) is 21.9 Å². The number of rotatable bonds is 7. The summed E-state index contributed by atoms with van der Waals surface area (Å²) in [7, 11) is -3.85. The molecule has 0 bridgehead atoms. The highest BCUT2D eigenvalue weighted by Crippen LogP contribution is 2.25. The Kier molecular flexibility index (Phi) is 5.84. The summed E-state index contributed by atoms with van der Waals surface area (Å²) in [4.78, 5) is 1.55. The van der Waals surface area contributed by atoms with Gasteiger partial charge < -0.3 is 5.32 Å². The van der Waals surface area contributed by atoms with Crippen LogP contribution in [0.15, 0.2) is 11.0 Å². The second-order valence-corrected chi connectivity index (χ2v) is 7.49. The standard InChI is InChI=1S/C11H18F2N2O2S2/c1-7(2)14-5-9-4-10(8(3)18-9)19(16,17)15-6-11(12)13/h4,7,11,14-15H,5-6H2,1-3H3. The largest absolute Gasteiger partial charge is 0.310 e. The lowest BCUT2D eigenvalue weighted by Gasteiger charge is -2.05. The van der Waals surface area contributed by atoms with Crippen molar-refractivity contribution in [2.45, 2.75) is 44.7 Å². The van der Waals surface area contributed by atoms with E-state index in [0.717, 1.165) is 4.88 Å². The third-order valence-electron chi connectivity index (χ3n) is 2.32. The summed E-state index contributed by atoms with van der Waals surface area (Å²) >= 11 is 1.35. The zero-order valence-electron chi connectivity index (χ0n) is 11.0. The Labute approximate surface area is 116 Å². The van der Waals surface area contributed by atoms with E-state index >= 15 is 0 Å². The van der Waals surface area contributed by atoms with Crippen molar-refractivity contribution in [3.63, 3.8) is 0 Å². The van der Waals surface area contributed by atoms with Crippen LogP contribution >= 0.6 is 11.3 Å². The van der Waals surface area contributed by atoms with Crippen LogP contribution in [0.1, 0.15) is 23.6 Å². The smallest absolute Gasteiger partial charge is 0.251 e. The lowest BCUT2D eigenvalue weighted by atomic mass is 10.3. The molecule has 0 aliphatic heterocycles. The molecule has 2 N–H and O–H groups in total. The van der Waals surface area contributed by atoms with Crippen LogP contribution in [-0.4, -0.2) is 27.4 Å². The van der Waals surface area contributed by atoms with E-state index in [-0.39, 0.29) is 4.90 Å². The highest BCUT2D eigenvalue weighted by molar-refractivity contribution is 7.89. The first-order valence-corrected chi connectivity index (χ1v) is 8.13. The summed E-state index contributed by atoms with van der Waals surface area (Å²) in [5, 5.41) is 3.18. The van der Waals surface area contributed by atoms with Gasteiger partial charge in [-0.1, -0.05) is 13.8 Å². The van der Waals surface area contributed by atoms with E-state index in [1.165, 1.54) is 17.4 Å². The predicted octanol–water partition coefficient (Wildman–Crippen LogP) is 2.10. The van der Waals surface area contributed by atoms with Crippen LogP contribution in [-0.2, 0) is 16.6 Å². The van der Waals surface area contributed by atoms with Crippen LogP contribution in [0.3, 0.4) is 0 Å². The molecule has 0 saturated carbocycles. The molecule has 1 aromatic heterocycles. The van der Waals surface area contributed by atoms with E-state index in [4.69, 9.17) is 0 Å². The van der Waals surface area contributed by atoms with Crippen molar-refractivity contribution < 1.29 is 17.2 Å². The van der Waals surface area contributed by atoms with Gasteiger partial charge >= 0.3 is 0 Å². The first kappa shape index (κ1) is 16.5. The zero-order valence-corrected chi connectivity index (χ0v) is 12.7. The maximum atomic E-state index is 12.1. The Morgan fingerprint density at radius 2 is 2.00 bits per heavy atom. The minimum atomic E-state index is -3.85. The van der Waals surface area contributed by atoms with Crippen molar-refractivity contribution in [2.75, 3.05) is 6.54 Å². The van der Waals surface area contributed by atoms with Gasteiger partial charge in [0.25, 0.3) is 6.43 Å². The highest BCUT2D eigenvalue weighted by atomic mass is 32.2. The Bertz CT molecular complexity index is 513. The fourth-order valence-electron chi connectivity index (χ4n) is 1.43. The van der Waals surface area contributed by atoms with Crippen LogP contribution in [0.25, 0.3) is 0 Å². The maximum Gasteiger partial charge on any atom is 0.251 e. The third-order valence-corrected chi connectivity index (χ3v) is 5.05. The van der Waals surface area contributed by atoms with Gasteiger partial charge in [-0.15, -0.1) is 11.3 Å². The molecule has 8 heteroatoms. The number of alkyl halides is 2. The Morgan fingerprint density at radius 3 is 2.53 bits per heavy atom. The van der Waals surface area contributed by atoms with Crippen molar-refractivity contribution in [1.29, 1.82) is 0 Å². The second-order valence-electron chi connectivity index (χ2n) is 4.41. The monoisotopic (exact) mass is 312 g/mol. The molecule has 1 aromatic rings. The Hall–Kier alpha value is -0.570. The zero-order chi connectivity index (χ0) is 14.6. The predicted molar refractivity (Wildman–Crippen MR) is 72.2 cm³/mol. The van der Waals surface area contributed by atoms with Gasteiger partial charge in [-0.2, -0.15) is 0 Å². The molecule has 0 atom stereocenters. The van der Waals surface area contributed by atoms with Crippen LogP contribution in [0.2, 0.25) is 0 Å². The van der Waals surface area contributed by atoms with Crippen molar-refractivity contribution in [3.05, 3.63) is 15.8 Å². The number of hydrogen-bond donors (Lipinski definition) is 2. The number of hydrogen-bond acceptors (Lipinski definition) is 4. The van der Waals surface area contributed by atoms with Crippen LogP contribution in [0.5, 0.6) is 0 Å². The summed E-state index contributed by atoms with van der Waals surface area (Å²) < 4.78 is 49.7. The van der Waals surface area contributed by atoms with Crippen LogP contribution in [0.4, 0.5) is 8.78 Å². The quantitative estimate of drug-likeness (QED) is 0.810. The molecule has 110 valence electrons.